The molecule has 31 heavy (non-hydrogen) atoms. The summed E-state index contributed by atoms with van der Waals surface area (Å²) in [5, 5.41) is 18.7. The van der Waals surface area contributed by atoms with Crippen LogP contribution in [0.5, 0.6) is 11.5 Å². The van der Waals surface area contributed by atoms with Gasteiger partial charge in [0.2, 0.25) is 0 Å². The lowest BCUT2D eigenvalue weighted by Crippen LogP contribution is -2.45. The molecule has 2 amide bonds. The highest BCUT2D eigenvalue weighted by Crippen LogP contribution is 2.27. The van der Waals surface area contributed by atoms with Crippen molar-refractivity contribution in [2.45, 2.75) is 65.5 Å². The van der Waals surface area contributed by atoms with Crippen molar-refractivity contribution in [3.63, 3.8) is 0 Å². The van der Waals surface area contributed by atoms with Crippen molar-refractivity contribution in [3.8, 4) is 11.5 Å². The Labute approximate surface area is 193 Å². The maximum Gasteiger partial charge on any atom is 0.407 e. The van der Waals surface area contributed by atoms with Crippen molar-refractivity contribution in [2.24, 2.45) is 0 Å². The van der Waals surface area contributed by atoms with Crippen LogP contribution in [0.25, 0.3) is 0 Å². The molecule has 0 aromatic heterocycles. The van der Waals surface area contributed by atoms with Gasteiger partial charge < -0.3 is 29.5 Å². The predicted octanol–water partition coefficient (Wildman–Crippen LogP) is 5.54. The third-order valence-corrected chi connectivity index (χ3v) is 4.97. The molecule has 0 aliphatic carbocycles. The minimum absolute atomic E-state index is 0.370. The Balaban J connectivity index is 2.54. The number of amides is 2. The molecule has 0 fully saturated rings. The quantitative estimate of drug-likeness (QED) is 0.407. The molecule has 176 valence electrons. The minimum Gasteiger partial charge on any atom is -0.493 e. The molecule has 0 saturated heterocycles. The zero-order valence-corrected chi connectivity index (χ0v) is 20.9. The molecule has 0 spiro atoms. The van der Waals surface area contributed by atoms with E-state index < -0.39 is 23.3 Å². The van der Waals surface area contributed by atoms with E-state index >= 15 is 0 Å². The van der Waals surface area contributed by atoms with Gasteiger partial charge >= 0.3 is 12.2 Å². The van der Waals surface area contributed by atoms with E-state index in [0.29, 0.717) is 50.6 Å². The molecular formula is C22H35BrN2O6. The van der Waals surface area contributed by atoms with Gasteiger partial charge in [-0.15, -0.1) is 0 Å². The minimum atomic E-state index is -0.946. The van der Waals surface area contributed by atoms with E-state index in [2.05, 4.69) is 15.9 Å². The van der Waals surface area contributed by atoms with Crippen LogP contribution >= 0.6 is 15.9 Å². The number of halogens is 1. The molecule has 1 aromatic carbocycles. The summed E-state index contributed by atoms with van der Waals surface area (Å²) in [4.78, 5) is 25.6. The summed E-state index contributed by atoms with van der Waals surface area (Å²) < 4.78 is 12.3. The van der Waals surface area contributed by atoms with Gasteiger partial charge in [-0.2, -0.15) is 0 Å². The zero-order valence-electron chi connectivity index (χ0n) is 19.3. The Hall–Kier alpha value is -2.16. The summed E-state index contributed by atoms with van der Waals surface area (Å²) >= 11 is 3.44. The van der Waals surface area contributed by atoms with Gasteiger partial charge in [-0.25, -0.2) is 9.59 Å². The second-order valence-electron chi connectivity index (χ2n) is 9.24. The van der Waals surface area contributed by atoms with Crippen LogP contribution in [-0.2, 0) is 0 Å². The van der Waals surface area contributed by atoms with Crippen LogP contribution in [0.15, 0.2) is 22.7 Å². The van der Waals surface area contributed by atoms with Gasteiger partial charge in [0.15, 0.2) is 0 Å². The maximum atomic E-state index is 11.4. The fourth-order valence-corrected chi connectivity index (χ4v) is 3.42. The smallest absolute Gasteiger partial charge is 0.407 e. The normalized spacial score (nSPS) is 11.7. The number of hydrogen-bond donors (Lipinski definition) is 2. The maximum absolute atomic E-state index is 11.4. The molecule has 8 nitrogen and oxygen atoms in total. The Morgan fingerprint density at radius 1 is 0.806 bits per heavy atom. The van der Waals surface area contributed by atoms with E-state index in [0.717, 1.165) is 4.47 Å². The molecule has 0 radical (unpaired) electrons. The first-order chi connectivity index (χ1) is 14.2. The van der Waals surface area contributed by atoms with E-state index in [1.807, 2.05) is 53.7 Å². The first-order valence-corrected chi connectivity index (χ1v) is 11.1. The largest absolute Gasteiger partial charge is 0.493 e. The first kappa shape index (κ1) is 26.9. The molecule has 0 atom stereocenters. The lowest BCUT2D eigenvalue weighted by molar-refractivity contribution is 0.0952. The fraction of sp³-hybridized carbons (Fsp3) is 0.636. The standard InChI is InChI=1S/C22H35BrN2O6/c1-21(2,3)24(19(26)27)9-7-11-30-17-13-16(23)14-18(15-17)31-12-8-10-25(20(28)29)22(4,5)6/h13-15H,7-12H2,1-6H3,(H,26,27)(H,28,29). The Morgan fingerprint density at radius 3 is 1.45 bits per heavy atom. The lowest BCUT2D eigenvalue weighted by Gasteiger charge is -2.33. The van der Waals surface area contributed by atoms with E-state index in [-0.39, 0.29) is 0 Å². The SMILES string of the molecule is CC(C)(C)N(CCCOc1cc(Br)cc(OCCCN(C(=O)O)C(C)(C)C)c1)C(=O)O. The average Bonchev–Trinajstić information content (AvgIpc) is 2.57. The van der Waals surface area contributed by atoms with Crippen molar-refractivity contribution in [1.82, 2.24) is 9.80 Å². The molecule has 0 aliphatic heterocycles. The van der Waals surface area contributed by atoms with Gasteiger partial charge in [-0.05, 0) is 66.5 Å². The number of rotatable bonds is 10. The van der Waals surface area contributed by atoms with Crippen molar-refractivity contribution in [1.29, 1.82) is 0 Å². The summed E-state index contributed by atoms with van der Waals surface area (Å²) in [6.45, 7) is 12.6. The molecule has 1 rings (SSSR count). The summed E-state index contributed by atoms with van der Waals surface area (Å²) in [7, 11) is 0. The second-order valence-corrected chi connectivity index (χ2v) is 10.2. The van der Waals surface area contributed by atoms with Crippen LogP contribution in [0, 0.1) is 0 Å². The van der Waals surface area contributed by atoms with Gasteiger partial charge in [-0.3, -0.25) is 0 Å². The summed E-state index contributed by atoms with van der Waals surface area (Å²) in [5.74, 6) is 1.23. The number of benzene rings is 1. The molecule has 0 bridgehead atoms. The number of hydrogen-bond acceptors (Lipinski definition) is 4. The van der Waals surface area contributed by atoms with Crippen LogP contribution in [-0.4, -0.2) is 69.6 Å². The fourth-order valence-electron chi connectivity index (χ4n) is 2.97. The van der Waals surface area contributed by atoms with Crippen molar-refractivity contribution in [3.05, 3.63) is 22.7 Å². The van der Waals surface area contributed by atoms with Crippen LogP contribution in [0.2, 0.25) is 0 Å². The van der Waals surface area contributed by atoms with E-state index in [4.69, 9.17) is 9.47 Å². The highest BCUT2D eigenvalue weighted by atomic mass is 79.9. The highest BCUT2D eigenvalue weighted by Gasteiger charge is 2.26. The Bertz CT molecular complexity index is 684. The first-order valence-electron chi connectivity index (χ1n) is 10.3. The van der Waals surface area contributed by atoms with Crippen molar-refractivity contribution in [2.75, 3.05) is 26.3 Å². The van der Waals surface area contributed by atoms with Gasteiger partial charge in [0, 0.05) is 34.7 Å². The second kappa shape index (κ2) is 11.5. The molecule has 0 aliphatic rings. The topological polar surface area (TPSA) is 99.5 Å². The third-order valence-electron chi connectivity index (χ3n) is 4.52. The number of carbonyl (C=O) groups is 2. The summed E-state index contributed by atoms with van der Waals surface area (Å²) in [5.41, 5.74) is -0.933. The van der Waals surface area contributed by atoms with Crippen molar-refractivity contribution < 1.29 is 29.3 Å². The van der Waals surface area contributed by atoms with Gasteiger partial charge in [0.1, 0.15) is 11.5 Å². The van der Waals surface area contributed by atoms with Crippen molar-refractivity contribution >= 4 is 28.1 Å². The number of ether oxygens (including phenoxy) is 2. The Morgan fingerprint density at radius 2 is 1.16 bits per heavy atom. The molecule has 1 aromatic rings. The van der Waals surface area contributed by atoms with Crippen LogP contribution in [0.4, 0.5) is 9.59 Å². The Kier molecular flexibility index (Phi) is 9.93. The lowest BCUT2D eigenvalue weighted by atomic mass is 10.1. The summed E-state index contributed by atoms with van der Waals surface area (Å²) in [6, 6.07) is 5.40. The average molecular weight is 503 g/mol. The van der Waals surface area contributed by atoms with E-state index in [1.165, 1.54) is 9.80 Å². The molecule has 0 saturated carbocycles. The van der Waals surface area contributed by atoms with E-state index in [9.17, 15) is 19.8 Å². The molecule has 0 heterocycles. The molecule has 2 N–H and O–H groups in total. The molecular weight excluding hydrogens is 468 g/mol. The zero-order chi connectivity index (χ0) is 23.8. The highest BCUT2D eigenvalue weighted by molar-refractivity contribution is 9.10. The number of carboxylic acid groups (broad SMARTS) is 2. The number of nitrogens with zero attached hydrogens (tertiary/aromatic N) is 2. The summed E-state index contributed by atoms with van der Waals surface area (Å²) in [6.07, 6.45) is -0.772. The molecule has 9 heteroatoms. The molecule has 0 unspecified atom stereocenters. The van der Waals surface area contributed by atoms with Gasteiger partial charge in [-0.1, -0.05) is 15.9 Å². The van der Waals surface area contributed by atoms with Crippen LogP contribution in [0.3, 0.4) is 0 Å². The van der Waals surface area contributed by atoms with Gasteiger partial charge in [0.25, 0.3) is 0 Å². The monoisotopic (exact) mass is 502 g/mol. The predicted molar refractivity (Wildman–Crippen MR) is 123 cm³/mol. The van der Waals surface area contributed by atoms with Crippen LogP contribution in [0.1, 0.15) is 54.4 Å². The third kappa shape index (κ3) is 9.67. The van der Waals surface area contributed by atoms with Gasteiger partial charge in [0.05, 0.1) is 13.2 Å². The van der Waals surface area contributed by atoms with Crippen LogP contribution < -0.4 is 9.47 Å². The van der Waals surface area contributed by atoms with E-state index in [1.54, 1.807) is 6.07 Å².